The van der Waals surface area contributed by atoms with Gasteiger partial charge in [0.25, 0.3) is 0 Å². The number of nitrogens with zero attached hydrogens (tertiary/aromatic N) is 1. The van der Waals surface area contributed by atoms with Gasteiger partial charge in [-0.1, -0.05) is 56.6 Å². The highest BCUT2D eigenvalue weighted by atomic mass is 32.2. The van der Waals surface area contributed by atoms with Gasteiger partial charge >= 0.3 is 5.97 Å². The summed E-state index contributed by atoms with van der Waals surface area (Å²) in [5, 5.41) is 37.0. The zero-order chi connectivity index (χ0) is 23.9. The largest absolute Gasteiger partial charge is 0.617 e. The summed E-state index contributed by atoms with van der Waals surface area (Å²) in [4.78, 5) is 24.5. The van der Waals surface area contributed by atoms with Crippen LogP contribution in [0.5, 0.6) is 0 Å². The molecule has 1 amide bonds. The number of carbonyl (C=O) groups is 2. The van der Waals surface area contributed by atoms with Crippen LogP contribution in [0.1, 0.15) is 64.7 Å². The molecule has 0 heterocycles. The Bertz CT molecular complexity index is 414. The maximum absolute atomic E-state index is 11.7. The molecule has 0 spiro atoms. The second kappa shape index (κ2) is 23.7. The van der Waals surface area contributed by atoms with Crippen molar-refractivity contribution in [1.82, 2.24) is 10.2 Å². The van der Waals surface area contributed by atoms with E-state index in [-0.39, 0.29) is 37.9 Å². The van der Waals surface area contributed by atoms with Crippen molar-refractivity contribution in [3.63, 3.8) is 0 Å². The molecule has 0 aromatic carbocycles. The highest BCUT2D eigenvalue weighted by Crippen LogP contribution is 2.08. The standard InChI is InChI=1S/C15H29NO4S.C6H15NO3/c1-3-4-5-6-7-8-9-10-14(17)16-13(15(18)19)11-12-21(2)20;8-4-1-7(2-5-9)3-6-10/h13H,3-12H2,1-2H3,(H,16,17)(H,18,19);8-10H,1-6H2. The Morgan fingerprint density at radius 2 is 1.42 bits per heavy atom. The van der Waals surface area contributed by atoms with E-state index in [2.05, 4.69) is 12.2 Å². The molecular formula is C21H44N2O7S. The maximum Gasteiger partial charge on any atom is 0.326 e. The first-order valence-corrected chi connectivity index (χ1v) is 12.9. The molecule has 5 N–H and O–H groups in total. The van der Waals surface area contributed by atoms with Gasteiger partial charge in [-0.05, 0) is 6.42 Å². The molecule has 0 radical (unpaired) electrons. The normalized spacial score (nSPS) is 12.7. The number of amides is 1. The van der Waals surface area contributed by atoms with Gasteiger partial charge < -0.3 is 30.3 Å². The summed E-state index contributed by atoms with van der Waals surface area (Å²) >= 11 is -1.04. The Labute approximate surface area is 190 Å². The van der Waals surface area contributed by atoms with Gasteiger partial charge in [0.1, 0.15) is 11.8 Å². The molecule has 0 aliphatic heterocycles. The number of carboxylic acids is 1. The van der Waals surface area contributed by atoms with Crippen molar-refractivity contribution in [2.24, 2.45) is 0 Å². The van der Waals surface area contributed by atoms with Crippen LogP contribution >= 0.6 is 0 Å². The van der Waals surface area contributed by atoms with E-state index in [1.165, 1.54) is 31.9 Å². The zero-order valence-corrected chi connectivity index (χ0v) is 20.1. The van der Waals surface area contributed by atoms with Crippen LogP contribution in [0.25, 0.3) is 0 Å². The lowest BCUT2D eigenvalue weighted by Gasteiger charge is -2.17. The van der Waals surface area contributed by atoms with Gasteiger partial charge in [-0.2, -0.15) is 0 Å². The summed E-state index contributed by atoms with van der Waals surface area (Å²) in [6.07, 6.45) is 9.98. The molecule has 0 aliphatic carbocycles. The number of carbonyl (C=O) groups excluding carboxylic acids is 1. The second-order valence-electron chi connectivity index (χ2n) is 7.41. The van der Waals surface area contributed by atoms with Crippen LogP contribution in [0.15, 0.2) is 0 Å². The first kappa shape index (κ1) is 32.3. The highest BCUT2D eigenvalue weighted by molar-refractivity contribution is 7.90. The van der Waals surface area contributed by atoms with Crippen molar-refractivity contribution in [2.75, 3.05) is 51.5 Å². The molecule has 0 fully saturated rings. The maximum atomic E-state index is 11.7. The van der Waals surface area contributed by atoms with E-state index in [1.54, 1.807) is 4.90 Å². The third-order valence-electron chi connectivity index (χ3n) is 4.58. The van der Waals surface area contributed by atoms with Crippen molar-refractivity contribution in [1.29, 1.82) is 0 Å². The van der Waals surface area contributed by atoms with E-state index in [0.29, 0.717) is 26.1 Å². The molecule has 2 atom stereocenters. The Balaban J connectivity index is 0. The third kappa shape index (κ3) is 23.6. The van der Waals surface area contributed by atoms with Crippen molar-refractivity contribution in [3.05, 3.63) is 0 Å². The summed E-state index contributed by atoms with van der Waals surface area (Å²) in [6.45, 7) is 3.93. The van der Waals surface area contributed by atoms with E-state index in [1.807, 2.05) is 0 Å². The van der Waals surface area contributed by atoms with Gasteiger partial charge in [-0.25, -0.2) is 4.79 Å². The molecule has 0 saturated carbocycles. The summed E-state index contributed by atoms with van der Waals surface area (Å²) in [6, 6.07) is -0.925. The minimum atomic E-state index is -1.06. The van der Waals surface area contributed by atoms with Crippen molar-refractivity contribution < 1.29 is 34.6 Å². The Morgan fingerprint density at radius 1 is 0.935 bits per heavy atom. The molecule has 0 aromatic rings. The van der Waals surface area contributed by atoms with E-state index in [0.717, 1.165) is 19.3 Å². The predicted octanol–water partition coefficient (Wildman–Crippen LogP) is 0.730. The monoisotopic (exact) mass is 468 g/mol. The molecule has 0 saturated heterocycles. The fourth-order valence-corrected chi connectivity index (χ4v) is 3.38. The number of aliphatic hydroxyl groups is 3. The van der Waals surface area contributed by atoms with Crippen LogP contribution in [0.3, 0.4) is 0 Å². The molecule has 0 aromatic heterocycles. The SMILES string of the molecule is CCCCCCCCCC(=O)NC(CC[S+](C)[O-])C(=O)O.OCCN(CCO)CCO. The van der Waals surface area contributed by atoms with Gasteiger partial charge in [-0.15, -0.1) is 0 Å². The average molecular weight is 469 g/mol. The predicted molar refractivity (Wildman–Crippen MR) is 123 cm³/mol. The molecule has 0 bridgehead atoms. The topological polar surface area (TPSA) is 153 Å². The number of carboxylic acid groups (broad SMARTS) is 1. The number of hydrogen-bond acceptors (Lipinski definition) is 7. The minimum Gasteiger partial charge on any atom is -0.617 e. The molecule has 9 nitrogen and oxygen atoms in total. The highest BCUT2D eigenvalue weighted by Gasteiger charge is 2.21. The molecule has 186 valence electrons. The van der Waals surface area contributed by atoms with Crippen molar-refractivity contribution >= 4 is 23.1 Å². The first-order valence-electron chi connectivity index (χ1n) is 11.2. The fourth-order valence-electron chi connectivity index (χ4n) is 2.81. The smallest absolute Gasteiger partial charge is 0.326 e. The van der Waals surface area contributed by atoms with Crippen LogP contribution in [-0.4, -0.2) is 99.3 Å². The van der Waals surface area contributed by atoms with Crippen molar-refractivity contribution in [2.45, 2.75) is 70.8 Å². The third-order valence-corrected chi connectivity index (χ3v) is 5.39. The van der Waals surface area contributed by atoms with Crippen molar-refractivity contribution in [3.8, 4) is 0 Å². The van der Waals surface area contributed by atoms with Gasteiger partial charge in [0.15, 0.2) is 0 Å². The van der Waals surface area contributed by atoms with Gasteiger partial charge in [0.05, 0.1) is 26.1 Å². The Kier molecular flexibility index (Phi) is 24.7. The minimum absolute atomic E-state index is 0.0694. The van der Waals surface area contributed by atoms with Crippen LogP contribution in [0, 0.1) is 0 Å². The lowest BCUT2D eigenvalue weighted by atomic mass is 10.1. The van der Waals surface area contributed by atoms with Gasteiger partial charge in [0.2, 0.25) is 5.91 Å². The zero-order valence-electron chi connectivity index (χ0n) is 19.3. The van der Waals surface area contributed by atoms with Gasteiger partial charge in [0, 0.05) is 32.5 Å². The molecule has 10 heteroatoms. The number of rotatable bonds is 19. The molecule has 31 heavy (non-hydrogen) atoms. The first-order chi connectivity index (χ1) is 14.8. The van der Waals surface area contributed by atoms with Crippen LogP contribution in [0.4, 0.5) is 0 Å². The lowest BCUT2D eigenvalue weighted by Crippen LogP contribution is -2.41. The van der Waals surface area contributed by atoms with Crippen LogP contribution in [0.2, 0.25) is 0 Å². The molecule has 0 aliphatic rings. The Hall–Kier alpha value is -0.910. The van der Waals surface area contributed by atoms with E-state index in [9.17, 15) is 14.1 Å². The number of unbranched alkanes of at least 4 members (excludes halogenated alkanes) is 6. The quantitative estimate of drug-likeness (QED) is 0.137. The molecule has 2 unspecified atom stereocenters. The van der Waals surface area contributed by atoms with E-state index in [4.69, 9.17) is 20.4 Å². The second-order valence-corrected chi connectivity index (χ2v) is 8.96. The molecular weight excluding hydrogens is 424 g/mol. The van der Waals surface area contributed by atoms with E-state index >= 15 is 0 Å². The van der Waals surface area contributed by atoms with Gasteiger partial charge in [-0.3, -0.25) is 9.69 Å². The number of aliphatic carboxylic acids is 1. The lowest BCUT2D eigenvalue weighted by molar-refractivity contribution is -0.141. The number of hydrogen-bond donors (Lipinski definition) is 5. The average Bonchev–Trinajstić information content (AvgIpc) is 2.71. The number of nitrogens with one attached hydrogen (secondary N) is 1. The van der Waals surface area contributed by atoms with Crippen LogP contribution < -0.4 is 5.32 Å². The summed E-state index contributed by atoms with van der Waals surface area (Å²) < 4.78 is 11.0. The Morgan fingerprint density at radius 3 is 1.84 bits per heavy atom. The molecule has 0 rings (SSSR count). The summed E-state index contributed by atoms with van der Waals surface area (Å²) in [5.41, 5.74) is 0. The summed E-state index contributed by atoms with van der Waals surface area (Å²) in [7, 11) is 0. The van der Waals surface area contributed by atoms with Crippen LogP contribution in [-0.2, 0) is 20.8 Å². The van der Waals surface area contributed by atoms with E-state index < -0.39 is 23.2 Å². The number of aliphatic hydroxyl groups excluding tert-OH is 3. The fraction of sp³-hybridized carbons (Fsp3) is 0.905. The summed E-state index contributed by atoms with van der Waals surface area (Å²) in [5.74, 6) is -1.000.